The number of rotatable bonds is 7. The van der Waals surface area contributed by atoms with Crippen LogP contribution in [-0.2, 0) is 30.6 Å². The predicted octanol–water partition coefficient (Wildman–Crippen LogP) is 3.93. The molecule has 6 heteroatoms. The summed E-state index contributed by atoms with van der Waals surface area (Å²) in [5.74, 6) is 5.98. The average molecular weight is 410 g/mol. The van der Waals surface area contributed by atoms with Gasteiger partial charge in [-0.05, 0) is 69.0 Å². The Morgan fingerprint density at radius 3 is 2.77 bits per heavy atom. The van der Waals surface area contributed by atoms with Gasteiger partial charge in [0, 0.05) is 23.4 Å². The van der Waals surface area contributed by atoms with E-state index in [9.17, 15) is 0 Å². The van der Waals surface area contributed by atoms with Crippen molar-refractivity contribution < 1.29 is 4.84 Å². The summed E-state index contributed by atoms with van der Waals surface area (Å²) in [6.45, 7) is 14.5. The van der Waals surface area contributed by atoms with Crippen LogP contribution in [0.25, 0.3) is 5.70 Å². The molecule has 0 aliphatic heterocycles. The van der Waals surface area contributed by atoms with E-state index in [0.29, 0.717) is 18.1 Å². The normalized spacial score (nSPS) is 15.7. The van der Waals surface area contributed by atoms with E-state index >= 15 is 0 Å². The fourth-order valence-corrected chi connectivity index (χ4v) is 4.26. The van der Waals surface area contributed by atoms with Gasteiger partial charge < -0.3 is 10.6 Å². The number of nitrogens with zero attached hydrogens (tertiary/aromatic N) is 3. The maximum atomic E-state index is 5.65. The zero-order valence-electron chi connectivity index (χ0n) is 18.8. The van der Waals surface area contributed by atoms with E-state index < -0.39 is 0 Å². The fraction of sp³-hybridized carbons (Fsp3) is 0.500. The summed E-state index contributed by atoms with van der Waals surface area (Å²) in [7, 11) is 0. The molecule has 0 fully saturated rings. The molecule has 4 N–H and O–H groups in total. The van der Waals surface area contributed by atoms with Gasteiger partial charge in [0.15, 0.2) is 5.69 Å². The van der Waals surface area contributed by atoms with E-state index in [0.717, 1.165) is 55.5 Å². The summed E-state index contributed by atoms with van der Waals surface area (Å²) >= 11 is 0. The van der Waals surface area contributed by atoms with Crippen LogP contribution in [0.1, 0.15) is 67.3 Å². The molecule has 0 saturated carbocycles. The van der Waals surface area contributed by atoms with Crippen molar-refractivity contribution in [3.05, 3.63) is 58.4 Å². The van der Waals surface area contributed by atoms with Crippen LogP contribution < -0.4 is 11.6 Å². The van der Waals surface area contributed by atoms with Gasteiger partial charge in [0.05, 0.1) is 5.70 Å². The molecule has 3 rings (SSSR count). The Morgan fingerprint density at radius 1 is 1.37 bits per heavy atom. The summed E-state index contributed by atoms with van der Waals surface area (Å²) in [6, 6.07) is 6.34. The zero-order chi connectivity index (χ0) is 21.9. The van der Waals surface area contributed by atoms with Crippen molar-refractivity contribution in [2.45, 2.75) is 66.3 Å². The number of aliphatic imine (C=N–C) groups is 1. The van der Waals surface area contributed by atoms with Crippen molar-refractivity contribution >= 4 is 11.6 Å². The highest BCUT2D eigenvalue weighted by Crippen LogP contribution is 2.36. The second-order valence-corrected chi connectivity index (χ2v) is 8.95. The molecule has 6 nitrogen and oxygen atoms in total. The first kappa shape index (κ1) is 22.2. The van der Waals surface area contributed by atoms with E-state index in [2.05, 4.69) is 62.1 Å². The molecule has 1 aromatic carbocycles. The molecule has 1 heterocycles. The monoisotopic (exact) mass is 409 g/mol. The van der Waals surface area contributed by atoms with E-state index in [1.54, 1.807) is 0 Å². The Balaban J connectivity index is 1.93. The predicted molar refractivity (Wildman–Crippen MR) is 123 cm³/mol. The lowest BCUT2D eigenvalue weighted by molar-refractivity contribution is 0.304. The number of fused-ring (bicyclic) bond motifs is 1. The SMILES string of the molecule is C=C(/N=C(\ON)c1nn(CC)c2c1CCC(C)(C)C2)c1ccc(CCCN)cc1C. The maximum Gasteiger partial charge on any atom is 0.266 e. The Kier molecular flexibility index (Phi) is 6.78. The van der Waals surface area contributed by atoms with Crippen LogP contribution in [0.3, 0.4) is 0 Å². The Labute approximate surface area is 180 Å². The third-order valence-electron chi connectivity index (χ3n) is 5.99. The molecule has 0 spiro atoms. The van der Waals surface area contributed by atoms with Crippen LogP contribution in [0.4, 0.5) is 0 Å². The van der Waals surface area contributed by atoms with Crippen molar-refractivity contribution in [3.63, 3.8) is 0 Å². The highest BCUT2D eigenvalue weighted by Gasteiger charge is 2.32. The van der Waals surface area contributed by atoms with Gasteiger partial charge in [-0.25, -0.2) is 4.99 Å². The molecule has 30 heavy (non-hydrogen) atoms. The topological polar surface area (TPSA) is 91.5 Å². The number of hydrogen-bond donors (Lipinski definition) is 2. The molecule has 1 aromatic heterocycles. The van der Waals surface area contributed by atoms with E-state index in [4.69, 9.17) is 21.6 Å². The van der Waals surface area contributed by atoms with Crippen molar-refractivity contribution in [2.75, 3.05) is 6.54 Å². The zero-order valence-corrected chi connectivity index (χ0v) is 18.8. The quantitative estimate of drug-likeness (QED) is 0.412. The smallest absolute Gasteiger partial charge is 0.266 e. The van der Waals surface area contributed by atoms with Gasteiger partial charge >= 0.3 is 0 Å². The van der Waals surface area contributed by atoms with Crippen LogP contribution in [-0.4, -0.2) is 22.2 Å². The van der Waals surface area contributed by atoms with Gasteiger partial charge in [0.25, 0.3) is 5.90 Å². The van der Waals surface area contributed by atoms with Crippen LogP contribution in [0.15, 0.2) is 29.8 Å². The summed E-state index contributed by atoms with van der Waals surface area (Å²) < 4.78 is 2.06. The molecule has 2 aromatic rings. The largest absolute Gasteiger partial charge is 0.389 e. The minimum atomic E-state index is 0.268. The molecule has 0 bridgehead atoms. The molecule has 1 aliphatic rings. The minimum absolute atomic E-state index is 0.268. The van der Waals surface area contributed by atoms with Gasteiger partial charge in [0.1, 0.15) is 0 Å². The standard InChI is InChI=1S/C24H35N5O/c1-6-29-21-15-24(4,5)12-11-20(21)22(28-29)23(30-26)27-17(3)19-10-9-18(8-7-13-25)14-16(19)2/h9-10,14H,3,6-8,11-13,15,25-26H2,1-2,4-5H3/b27-23-. The molecule has 0 radical (unpaired) electrons. The molecule has 0 saturated heterocycles. The lowest BCUT2D eigenvalue weighted by Crippen LogP contribution is -2.24. The van der Waals surface area contributed by atoms with Crippen molar-refractivity contribution in [1.82, 2.24) is 9.78 Å². The Bertz CT molecular complexity index is 955. The third kappa shape index (κ3) is 4.65. The van der Waals surface area contributed by atoms with Crippen molar-refractivity contribution in [2.24, 2.45) is 22.0 Å². The first-order valence-electron chi connectivity index (χ1n) is 10.8. The number of aromatic nitrogens is 2. The summed E-state index contributed by atoms with van der Waals surface area (Å²) in [6.07, 6.45) is 4.99. The summed E-state index contributed by atoms with van der Waals surface area (Å²) in [5.41, 5.74) is 13.1. The van der Waals surface area contributed by atoms with Gasteiger partial charge in [0.2, 0.25) is 0 Å². The van der Waals surface area contributed by atoms with E-state index in [-0.39, 0.29) is 5.41 Å². The second-order valence-electron chi connectivity index (χ2n) is 8.95. The number of benzene rings is 1. The van der Waals surface area contributed by atoms with E-state index in [1.165, 1.54) is 16.8 Å². The third-order valence-corrected chi connectivity index (χ3v) is 5.99. The van der Waals surface area contributed by atoms with Gasteiger partial charge in [-0.2, -0.15) is 11.0 Å². The number of nitrogens with two attached hydrogens (primary N) is 2. The van der Waals surface area contributed by atoms with Crippen LogP contribution >= 0.6 is 0 Å². The first-order valence-corrected chi connectivity index (χ1v) is 10.8. The molecular weight excluding hydrogens is 374 g/mol. The fourth-order valence-electron chi connectivity index (χ4n) is 4.26. The van der Waals surface area contributed by atoms with Gasteiger partial charge in [-0.3, -0.25) is 4.68 Å². The van der Waals surface area contributed by atoms with Gasteiger partial charge in [-0.1, -0.05) is 38.6 Å². The lowest BCUT2D eigenvalue weighted by Gasteiger charge is -2.30. The summed E-state index contributed by atoms with van der Waals surface area (Å²) in [4.78, 5) is 9.88. The van der Waals surface area contributed by atoms with Crippen LogP contribution in [0.2, 0.25) is 0 Å². The Morgan fingerprint density at radius 2 is 2.13 bits per heavy atom. The van der Waals surface area contributed by atoms with Gasteiger partial charge in [-0.15, -0.1) is 0 Å². The maximum absolute atomic E-state index is 5.65. The first-order chi connectivity index (χ1) is 14.3. The molecule has 0 amide bonds. The second kappa shape index (κ2) is 9.14. The minimum Gasteiger partial charge on any atom is -0.389 e. The molecule has 1 aliphatic carbocycles. The van der Waals surface area contributed by atoms with E-state index in [1.807, 2.05) is 0 Å². The summed E-state index contributed by atoms with van der Waals surface area (Å²) in [5, 5.41) is 4.79. The average Bonchev–Trinajstić information content (AvgIpc) is 3.06. The van der Waals surface area contributed by atoms with Crippen LogP contribution in [0.5, 0.6) is 0 Å². The molecule has 0 atom stereocenters. The molecule has 0 unspecified atom stereocenters. The Hall–Kier alpha value is -2.44. The highest BCUT2D eigenvalue weighted by molar-refractivity contribution is 5.97. The molecule has 162 valence electrons. The highest BCUT2D eigenvalue weighted by atomic mass is 16.6. The number of hydrogen-bond acceptors (Lipinski definition) is 5. The lowest BCUT2D eigenvalue weighted by atomic mass is 9.76. The van der Waals surface area contributed by atoms with Crippen molar-refractivity contribution in [1.29, 1.82) is 0 Å². The molecular formula is C24H35N5O. The number of aryl methyl sites for hydroxylation is 3. The van der Waals surface area contributed by atoms with Crippen LogP contribution in [0, 0.1) is 12.3 Å². The van der Waals surface area contributed by atoms with Crippen molar-refractivity contribution in [3.8, 4) is 0 Å².